The summed E-state index contributed by atoms with van der Waals surface area (Å²) in [6, 6.07) is 7.53. The zero-order chi connectivity index (χ0) is 13.0. The van der Waals surface area contributed by atoms with Crippen molar-refractivity contribution in [2.24, 2.45) is 0 Å². The van der Waals surface area contributed by atoms with Crippen LogP contribution in [-0.4, -0.2) is 25.7 Å². The van der Waals surface area contributed by atoms with Gasteiger partial charge in [-0.3, -0.25) is 0 Å². The number of nitrogens with one attached hydrogen (secondary N) is 2. The molecule has 1 heterocycles. The Balaban J connectivity index is 1.94. The first-order valence-corrected chi connectivity index (χ1v) is 6.78. The molecule has 1 fully saturated rings. The summed E-state index contributed by atoms with van der Waals surface area (Å²) in [4.78, 5) is 0. The minimum atomic E-state index is -0.151. The van der Waals surface area contributed by atoms with Crippen LogP contribution >= 0.6 is 0 Å². The molecule has 2 nitrogen and oxygen atoms in total. The highest BCUT2D eigenvalue weighted by atomic mass is 19.1. The summed E-state index contributed by atoms with van der Waals surface area (Å²) >= 11 is 0. The summed E-state index contributed by atoms with van der Waals surface area (Å²) in [5.74, 6) is -0.151. The molecule has 1 aliphatic heterocycles. The normalized spacial score (nSPS) is 17.9. The van der Waals surface area contributed by atoms with Crippen LogP contribution in [-0.2, 0) is 5.41 Å². The van der Waals surface area contributed by atoms with Crippen LogP contribution in [0.5, 0.6) is 0 Å². The standard InChI is InChI=1S/C15H23FN2/c1-15(2,12-4-3-5-13(16)10-12)11-18-14-6-8-17-9-7-14/h3-5,10,14,17-18H,6-9,11H2,1-2H3. The Kier molecular flexibility index (Phi) is 4.36. The van der Waals surface area contributed by atoms with Crippen LogP contribution in [0.4, 0.5) is 4.39 Å². The van der Waals surface area contributed by atoms with E-state index in [9.17, 15) is 4.39 Å². The lowest BCUT2D eigenvalue weighted by atomic mass is 9.84. The van der Waals surface area contributed by atoms with Crippen molar-refractivity contribution in [3.8, 4) is 0 Å². The first kappa shape index (κ1) is 13.5. The van der Waals surface area contributed by atoms with Gasteiger partial charge in [0.2, 0.25) is 0 Å². The number of piperidine rings is 1. The highest BCUT2D eigenvalue weighted by Gasteiger charge is 2.23. The summed E-state index contributed by atoms with van der Waals surface area (Å²) < 4.78 is 13.3. The van der Waals surface area contributed by atoms with Gasteiger partial charge >= 0.3 is 0 Å². The summed E-state index contributed by atoms with van der Waals surface area (Å²) in [6.45, 7) is 7.41. The molecule has 0 atom stereocenters. The van der Waals surface area contributed by atoms with E-state index < -0.39 is 0 Å². The topological polar surface area (TPSA) is 24.1 Å². The number of rotatable bonds is 4. The highest BCUT2D eigenvalue weighted by molar-refractivity contribution is 5.24. The minimum Gasteiger partial charge on any atom is -0.317 e. The molecule has 0 spiro atoms. The molecular weight excluding hydrogens is 227 g/mol. The quantitative estimate of drug-likeness (QED) is 0.857. The third-order valence-corrected chi connectivity index (χ3v) is 3.78. The predicted octanol–water partition coefficient (Wildman–Crippen LogP) is 2.44. The Bertz CT molecular complexity index is 384. The van der Waals surface area contributed by atoms with E-state index in [2.05, 4.69) is 24.5 Å². The molecule has 100 valence electrons. The monoisotopic (exact) mass is 250 g/mol. The van der Waals surface area contributed by atoms with E-state index in [0.29, 0.717) is 6.04 Å². The van der Waals surface area contributed by atoms with Gasteiger partial charge in [0, 0.05) is 18.0 Å². The Morgan fingerprint density at radius 1 is 1.33 bits per heavy atom. The van der Waals surface area contributed by atoms with Crippen molar-refractivity contribution in [3.05, 3.63) is 35.6 Å². The van der Waals surface area contributed by atoms with Crippen molar-refractivity contribution >= 4 is 0 Å². The fourth-order valence-electron chi connectivity index (χ4n) is 2.44. The van der Waals surface area contributed by atoms with Crippen molar-refractivity contribution in [2.75, 3.05) is 19.6 Å². The van der Waals surface area contributed by atoms with Crippen molar-refractivity contribution in [1.82, 2.24) is 10.6 Å². The second-order valence-electron chi connectivity index (χ2n) is 5.80. The van der Waals surface area contributed by atoms with E-state index in [1.54, 1.807) is 12.1 Å². The molecule has 3 heteroatoms. The molecule has 0 saturated carbocycles. The van der Waals surface area contributed by atoms with Gasteiger partial charge in [-0.1, -0.05) is 26.0 Å². The molecule has 1 saturated heterocycles. The first-order chi connectivity index (χ1) is 8.58. The average Bonchev–Trinajstić information content (AvgIpc) is 2.38. The Labute approximate surface area is 109 Å². The average molecular weight is 250 g/mol. The van der Waals surface area contributed by atoms with Gasteiger partial charge in [-0.2, -0.15) is 0 Å². The Hall–Kier alpha value is -0.930. The second kappa shape index (κ2) is 5.81. The fourth-order valence-corrected chi connectivity index (χ4v) is 2.44. The van der Waals surface area contributed by atoms with Gasteiger partial charge in [0.15, 0.2) is 0 Å². The molecule has 18 heavy (non-hydrogen) atoms. The summed E-state index contributed by atoms with van der Waals surface area (Å²) in [6.07, 6.45) is 2.36. The summed E-state index contributed by atoms with van der Waals surface area (Å²) in [5.41, 5.74) is 1.02. The number of halogens is 1. The van der Waals surface area contributed by atoms with Gasteiger partial charge in [-0.25, -0.2) is 4.39 Å². The van der Waals surface area contributed by atoms with E-state index in [1.165, 1.54) is 18.9 Å². The largest absolute Gasteiger partial charge is 0.317 e. The lowest BCUT2D eigenvalue weighted by Crippen LogP contribution is -2.44. The van der Waals surface area contributed by atoms with Crippen LogP contribution < -0.4 is 10.6 Å². The fraction of sp³-hybridized carbons (Fsp3) is 0.600. The number of benzene rings is 1. The SMILES string of the molecule is CC(C)(CNC1CCNCC1)c1cccc(F)c1. The van der Waals surface area contributed by atoms with E-state index >= 15 is 0 Å². The van der Waals surface area contributed by atoms with Crippen molar-refractivity contribution in [2.45, 2.75) is 38.1 Å². The molecule has 0 unspecified atom stereocenters. The molecule has 0 aliphatic carbocycles. The molecule has 0 bridgehead atoms. The maximum absolute atomic E-state index is 13.3. The van der Waals surface area contributed by atoms with Gasteiger partial charge in [-0.05, 0) is 43.6 Å². The van der Waals surface area contributed by atoms with Gasteiger partial charge in [0.1, 0.15) is 5.82 Å². The van der Waals surface area contributed by atoms with Crippen LogP contribution in [0.25, 0.3) is 0 Å². The molecule has 1 aromatic carbocycles. The molecule has 2 N–H and O–H groups in total. The predicted molar refractivity (Wildman–Crippen MR) is 73.3 cm³/mol. The van der Waals surface area contributed by atoms with Crippen molar-refractivity contribution in [1.29, 1.82) is 0 Å². The van der Waals surface area contributed by atoms with Crippen LogP contribution in [0.15, 0.2) is 24.3 Å². The van der Waals surface area contributed by atoms with Crippen molar-refractivity contribution in [3.63, 3.8) is 0 Å². The van der Waals surface area contributed by atoms with Gasteiger partial charge in [0.25, 0.3) is 0 Å². The van der Waals surface area contributed by atoms with Gasteiger partial charge in [-0.15, -0.1) is 0 Å². The zero-order valence-electron chi connectivity index (χ0n) is 11.3. The maximum Gasteiger partial charge on any atom is 0.123 e. The first-order valence-electron chi connectivity index (χ1n) is 6.78. The minimum absolute atomic E-state index is 0.0347. The number of hydrogen-bond acceptors (Lipinski definition) is 2. The van der Waals surface area contributed by atoms with E-state index in [4.69, 9.17) is 0 Å². The Morgan fingerprint density at radius 2 is 2.06 bits per heavy atom. The van der Waals surface area contributed by atoms with Crippen LogP contribution in [0.1, 0.15) is 32.3 Å². The van der Waals surface area contributed by atoms with Crippen molar-refractivity contribution < 1.29 is 4.39 Å². The van der Waals surface area contributed by atoms with E-state index in [0.717, 1.165) is 25.2 Å². The molecule has 2 rings (SSSR count). The lowest BCUT2D eigenvalue weighted by Gasteiger charge is -2.31. The highest BCUT2D eigenvalue weighted by Crippen LogP contribution is 2.23. The van der Waals surface area contributed by atoms with Gasteiger partial charge < -0.3 is 10.6 Å². The molecule has 0 aromatic heterocycles. The third-order valence-electron chi connectivity index (χ3n) is 3.78. The molecular formula is C15H23FN2. The molecule has 1 aliphatic rings. The smallest absolute Gasteiger partial charge is 0.123 e. The number of hydrogen-bond donors (Lipinski definition) is 2. The maximum atomic E-state index is 13.3. The lowest BCUT2D eigenvalue weighted by molar-refractivity contribution is 0.351. The molecule has 1 aromatic rings. The molecule has 0 radical (unpaired) electrons. The van der Waals surface area contributed by atoms with Crippen LogP contribution in [0.2, 0.25) is 0 Å². The van der Waals surface area contributed by atoms with Crippen LogP contribution in [0, 0.1) is 5.82 Å². The second-order valence-corrected chi connectivity index (χ2v) is 5.80. The van der Waals surface area contributed by atoms with Crippen LogP contribution in [0.3, 0.4) is 0 Å². The summed E-state index contributed by atoms with van der Waals surface area (Å²) in [5, 5.41) is 6.98. The van der Waals surface area contributed by atoms with Gasteiger partial charge in [0.05, 0.1) is 0 Å². The zero-order valence-corrected chi connectivity index (χ0v) is 11.3. The third kappa shape index (κ3) is 3.53. The molecule has 0 amide bonds. The van der Waals surface area contributed by atoms with E-state index in [1.807, 2.05) is 6.07 Å². The summed E-state index contributed by atoms with van der Waals surface area (Å²) in [7, 11) is 0. The Morgan fingerprint density at radius 3 is 2.72 bits per heavy atom. The van der Waals surface area contributed by atoms with E-state index in [-0.39, 0.29) is 11.2 Å².